The van der Waals surface area contributed by atoms with E-state index < -0.39 is 54.0 Å². The fraction of sp³-hybridized carbons (Fsp3) is 0.750. The van der Waals surface area contributed by atoms with Crippen LogP contribution >= 0.6 is 23.5 Å². The molecule has 29 heavy (non-hydrogen) atoms. The van der Waals surface area contributed by atoms with E-state index in [1.54, 1.807) is 0 Å². The molecule has 1 saturated heterocycles. The predicted octanol–water partition coefficient (Wildman–Crippen LogP) is 0.0522. The third-order valence-electron chi connectivity index (χ3n) is 2.86. The van der Waals surface area contributed by atoms with Crippen molar-refractivity contribution in [2.24, 2.45) is 5.11 Å². The average Bonchev–Trinajstić information content (AvgIpc) is 2.88. The Bertz CT molecular complexity index is 877. The second-order valence-corrected chi connectivity index (χ2v) is 9.47. The van der Waals surface area contributed by atoms with Crippen LogP contribution in [0.25, 0.3) is 10.4 Å². The quantitative estimate of drug-likeness (QED) is 0.107. The van der Waals surface area contributed by atoms with E-state index in [1.807, 2.05) is 0 Å². The van der Waals surface area contributed by atoms with Gasteiger partial charge in [0.25, 0.3) is 0 Å². The normalized spacial score (nSPS) is 26.3. The van der Waals surface area contributed by atoms with Crippen LogP contribution in [0.1, 0.15) is 6.42 Å². The number of phosphoric acid groups is 3. The zero-order valence-electron chi connectivity index (χ0n) is 13.9. The first-order chi connectivity index (χ1) is 13.2. The first-order valence-corrected chi connectivity index (χ1v) is 11.4. The Morgan fingerprint density at radius 1 is 1.21 bits per heavy atom. The first kappa shape index (κ1) is 25.7. The molecular formula is C8H11BN5O12P3. The Hall–Kier alpha value is -1.32. The number of azide groups is 1. The summed E-state index contributed by atoms with van der Waals surface area (Å²) < 4.78 is 55.1. The third kappa shape index (κ3) is 8.52. The maximum atomic E-state index is 11.7. The molecule has 1 heterocycles. The zero-order valence-corrected chi connectivity index (χ0v) is 16.5. The second-order valence-electron chi connectivity index (χ2n) is 5.05. The van der Waals surface area contributed by atoms with Gasteiger partial charge in [-0.1, -0.05) is 0 Å². The van der Waals surface area contributed by atoms with E-state index in [1.165, 1.54) is 12.1 Å². The van der Waals surface area contributed by atoms with E-state index in [0.717, 1.165) is 0 Å². The van der Waals surface area contributed by atoms with Crippen molar-refractivity contribution in [3.8, 4) is 12.1 Å². The van der Waals surface area contributed by atoms with Crippen LogP contribution in [-0.2, 0) is 36.3 Å². The Labute approximate surface area is 163 Å². The summed E-state index contributed by atoms with van der Waals surface area (Å²) in [4.78, 5) is 37.7. The van der Waals surface area contributed by atoms with Crippen molar-refractivity contribution in [2.75, 3.05) is 6.61 Å². The van der Waals surface area contributed by atoms with Gasteiger partial charge >= 0.3 is 29.2 Å². The molecule has 4 N–H and O–H groups in total. The largest absolute Gasteiger partial charge is 0.490 e. The van der Waals surface area contributed by atoms with Crippen LogP contribution in [0.15, 0.2) is 5.11 Å². The van der Waals surface area contributed by atoms with Crippen LogP contribution in [0.3, 0.4) is 0 Å². The lowest BCUT2D eigenvalue weighted by Crippen LogP contribution is -2.37. The molecule has 0 saturated carbocycles. The van der Waals surface area contributed by atoms with E-state index in [9.17, 15) is 18.6 Å². The molecule has 1 aliphatic rings. The molecule has 1 rings (SSSR count). The SMILES string of the molecule is [B][C@H]1C[C@@H](OC(C#N)(C#N)N=[N+]=[N-])C(COP(=O)(O)OP(=O)(O)OP(=O)(O)O)O1. The molecule has 5 atom stereocenters. The average molecular weight is 473 g/mol. The molecule has 0 bridgehead atoms. The molecule has 0 aromatic carbocycles. The standard InChI is InChI=1S/C8H11BN5O12P3/c9-7-1-5(24-8(3-10,4-11)13-14-12)6(23-7)2-22-28(18,19)26-29(20,21)25-27(15,16)17/h5-7H,1-2H2,(H,18,19)(H,20,21)(H2,15,16,17)/t5-,6?,7-/m1/s1. The Kier molecular flexibility index (Phi) is 8.57. The molecule has 17 nitrogen and oxygen atoms in total. The van der Waals surface area contributed by atoms with Crippen molar-refractivity contribution in [3.05, 3.63) is 10.4 Å². The van der Waals surface area contributed by atoms with Crippen molar-refractivity contribution >= 4 is 31.3 Å². The van der Waals surface area contributed by atoms with Crippen molar-refractivity contribution < 1.29 is 55.9 Å². The summed E-state index contributed by atoms with van der Waals surface area (Å²) in [6.07, 6.45) is -2.82. The lowest BCUT2D eigenvalue weighted by molar-refractivity contribution is -0.0733. The Morgan fingerprint density at radius 2 is 1.79 bits per heavy atom. The van der Waals surface area contributed by atoms with Crippen molar-refractivity contribution in [1.29, 1.82) is 10.5 Å². The van der Waals surface area contributed by atoms with Gasteiger partial charge in [-0.25, -0.2) is 13.7 Å². The van der Waals surface area contributed by atoms with Gasteiger partial charge in [0.15, 0.2) is 0 Å². The summed E-state index contributed by atoms with van der Waals surface area (Å²) in [7, 11) is -11.2. The summed E-state index contributed by atoms with van der Waals surface area (Å²) in [6.45, 7) is -0.939. The van der Waals surface area contributed by atoms with Crippen LogP contribution < -0.4 is 0 Å². The fourth-order valence-corrected chi connectivity index (χ4v) is 4.95. The topological polar surface area (TPSA) is 275 Å². The first-order valence-electron chi connectivity index (χ1n) is 6.92. The highest BCUT2D eigenvalue weighted by atomic mass is 31.3. The van der Waals surface area contributed by atoms with Crippen molar-refractivity contribution in [2.45, 2.75) is 30.4 Å². The van der Waals surface area contributed by atoms with E-state index >= 15 is 0 Å². The molecule has 0 aliphatic carbocycles. The highest BCUT2D eigenvalue weighted by Crippen LogP contribution is 2.66. The smallest absolute Gasteiger partial charge is 0.380 e. The lowest BCUT2D eigenvalue weighted by atomic mass is 9.96. The summed E-state index contributed by atoms with van der Waals surface area (Å²) >= 11 is 0. The van der Waals surface area contributed by atoms with Gasteiger partial charge in [-0.15, -0.1) is 0 Å². The second kappa shape index (κ2) is 9.66. The van der Waals surface area contributed by atoms with Gasteiger partial charge in [0.1, 0.15) is 26.1 Å². The predicted molar refractivity (Wildman–Crippen MR) is 86.8 cm³/mol. The van der Waals surface area contributed by atoms with Crippen LogP contribution in [-0.4, -0.2) is 58.0 Å². The molecule has 3 unspecified atom stereocenters. The number of nitriles is 2. The monoisotopic (exact) mass is 473 g/mol. The minimum atomic E-state index is -5.72. The van der Waals surface area contributed by atoms with Gasteiger partial charge < -0.3 is 29.0 Å². The molecule has 0 aromatic heterocycles. The highest BCUT2D eigenvalue weighted by Gasteiger charge is 2.44. The van der Waals surface area contributed by atoms with Crippen LogP contribution in [0.5, 0.6) is 0 Å². The molecule has 21 heteroatoms. The van der Waals surface area contributed by atoms with E-state index in [-0.39, 0.29) is 6.42 Å². The summed E-state index contributed by atoms with van der Waals surface area (Å²) in [5.74, 6) is 0. The summed E-state index contributed by atoms with van der Waals surface area (Å²) in [5.41, 5.74) is 5.84. The molecule has 0 amide bonds. The number of phosphoric ester groups is 1. The zero-order chi connectivity index (χ0) is 22.5. The molecule has 1 fully saturated rings. The summed E-state index contributed by atoms with van der Waals surface area (Å²) in [6, 6.07) is 1.59. The number of hydrogen-bond acceptors (Lipinski definition) is 11. The molecular weight excluding hydrogens is 462 g/mol. The van der Waals surface area contributed by atoms with Crippen LogP contribution in [0, 0.1) is 22.7 Å². The van der Waals surface area contributed by atoms with Gasteiger partial charge in [-0.05, 0) is 17.1 Å². The molecule has 158 valence electrons. The molecule has 0 aromatic rings. The number of ether oxygens (including phenoxy) is 2. The van der Waals surface area contributed by atoms with E-state index in [0.29, 0.717) is 0 Å². The van der Waals surface area contributed by atoms with Crippen molar-refractivity contribution in [3.63, 3.8) is 0 Å². The van der Waals surface area contributed by atoms with E-state index in [2.05, 4.69) is 23.2 Å². The minimum absolute atomic E-state index is 0.184. The van der Waals surface area contributed by atoms with Crippen LogP contribution in [0.4, 0.5) is 0 Å². The molecule has 2 radical (unpaired) electrons. The molecule has 0 spiro atoms. The van der Waals surface area contributed by atoms with Gasteiger partial charge in [0.05, 0.1) is 12.7 Å². The van der Waals surface area contributed by atoms with Gasteiger partial charge in [-0.3, -0.25) is 4.52 Å². The Morgan fingerprint density at radius 3 is 2.28 bits per heavy atom. The van der Waals surface area contributed by atoms with Crippen molar-refractivity contribution in [1.82, 2.24) is 0 Å². The maximum absolute atomic E-state index is 11.7. The van der Waals surface area contributed by atoms with Crippen LogP contribution in [0.2, 0.25) is 0 Å². The minimum Gasteiger partial charge on any atom is -0.380 e. The molecule has 1 aliphatic heterocycles. The van der Waals surface area contributed by atoms with Gasteiger partial charge in [0.2, 0.25) is 0 Å². The maximum Gasteiger partial charge on any atom is 0.490 e. The number of rotatable bonds is 10. The number of hydrogen-bond donors (Lipinski definition) is 4. The van der Waals surface area contributed by atoms with Gasteiger partial charge in [-0.2, -0.15) is 19.1 Å². The highest BCUT2D eigenvalue weighted by molar-refractivity contribution is 7.66. The summed E-state index contributed by atoms with van der Waals surface area (Å²) in [5, 5.41) is 20.9. The third-order valence-corrected chi connectivity index (χ3v) is 6.66. The number of nitrogens with zero attached hydrogens (tertiary/aromatic N) is 5. The van der Waals surface area contributed by atoms with Gasteiger partial charge in [0, 0.05) is 10.9 Å². The fourth-order valence-electron chi connectivity index (χ4n) is 1.92. The van der Waals surface area contributed by atoms with E-state index in [4.69, 9.17) is 48.1 Å². The lowest BCUT2D eigenvalue weighted by Gasteiger charge is -2.24. The Balaban J connectivity index is 2.85.